The number of benzene rings is 1. The molecule has 15 heavy (non-hydrogen) atoms. The van der Waals surface area contributed by atoms with Gasteiger partial charge in [0, 0.05) is 15.5 Å². The normalized spacial score (nSPS) is 13.2. The van der Waals surface area contributed by atoms with Gasteiger partial charge >= 0.3 is 0 Å². The molecule has 1 atom stereocenters. The molecule has 1 aromatic carbocycles. The fraction of sp³-hybridized carbons (Fsp3) is 0.500. The van der Waals surface area contributed by atoms with Gasteiger partial charge in [-0.1, -0.05) is 48.3 Å². The van der Waals surface area contributed by atoms with E-state index in [9.17, 15) is 0 Å². The molecule has 1 rings (SSSR count). The molecule has 0 fully saturated rings. The second-order valence-corrected chi connectivity index (χ2v) is 5.33. The Labute approximate surface area is 105 Å². The van der Waals surface area contributed by atoms with Crippen LogP contribution in [-0.4, -0.2) is 6.54 Å². The highest BCUT2D eigenvalue weighted by atomic mass is 79.9. The van der Waals surface area contributed by atoms with E-state index in [2.05, 4.69) is 48.1 Å². The van der Waals surface area contributed by atoms with Crippen LogP contribution in [0, 0.1) is 5.92 Å². The molecule has 3 heteroatoms. The molecule has 1 N–H and O–H groups in total. The molecule has 1 unspecified atom stereocenters. The van der Waals surface area contributed by atoms with Gasteiger partial charge in [-0.3, -0.25) is 0 Å². The number of hydrogen-bond donors (Lipinski definition) is 1. The van der Waals surface area contributed by atoms with Crippen LogP contribution in [0.2, 0.25) is 5.02 Å². The Bertz CT molecular complexity index is 305. The molecular formula is C12H17BrClN. The predicted octanol–water partition coefficient (Wildman–Crippen LogP) is 4.41. The summed E-state index contributed by atoms with van der Waals surface area (Å²) in [5.74, 6) is 0.551. The van der Waals surface area contributed by atoms with E-state index in [0.29, 0.717) is 12.0 Å². The van der Waals surface area contributed by atoms with E-state index < -0.39 is 0 Å². The first-order valence-electron chi connectivity index (χ1n) is 5.24. The Morgan fingerprint density at radius 3 is 2.47 bits per heavy atom. The van der Waals surface area contributed by atoms with Crippen molar-refractivity contribution in [1.82, 2.24) is 5.32 Å². The van der Waals surface area contributed by atoms with Crippen LogP contribution in [0.3, 0.4) is 0 Å². The van der Waals surface area contributed by atoms with Gasteiger partial charge in [-0.15, -0.1) is 0 Å². The molecule has 0 bridgehead atoms. The smallest absolute Gasteiger partial charge is 0.0420 e. The van der Waals surface area contributed by atoms with Crippen molar-refractivity contribution in [3.8, 4) is 0 Å². The Hall–Kier alpha value is -0.0500. The van der Waals surface area contributed by atoms with Crippen LogP contribution < -0.4 is 5.32 Å². The Balaban J connectivity index is 2.99. The molecule has 0 spiro atoms. The molecule has 0 heterocycles. The van der Waals surface area contributed by atoms with Crippen LogP contribution >= 0.6 is 27.5 Å². The molecule has 0 aliphatic heterocycles. The predicted molar refractivity (Wildman–Crippen MR) is 70.4 cm³/mol. The Kier molecular flexibility index (Phi) is 5.10. The van der Waals surface area contributed by atoms with Crippen molar-refractivity contribution in [2.75, 3.05) is 6.54 Å². The lowest BCUT2D eigenvalue weighted by atomic mass is 9.96. The van der Waals surface area contributed by atoms with Crippen molar-refractivity contribution in [3.63, 3.8) is 0 Å². The molecular weight excluding hydrogens is 273 g/mol. The quantitative estimate of drug-likeness (QED) is 0.866. The molecule has 0 saturated heterocycles. The van der Waals surface area contributed by atoms with Crippen LogP contribution in [0.15, 0.2) is 22.7 Å². The Morgan fingerprint density at radius 1 is 1.33 bits per heavy atom. The number of rotatable bonds is 4. The molecule has 1 aromatic rings. The van der Waals surface area contributed by atoms with Crippen LogP contribution in [-0.2, 0) is 0 Å². The van der Waals surface area contributed by atoms with Crippen molar-refractivity contribution in [1.29, 1.82) is 0 Å². The number of halogens is 2. The summed E-state index contributed by atoms with van der Waals surface area (Å²) in [5, 5.41) is 4.25. The summed E-state index contributed by atoms with van der Waals surface area (Å²) in [7, 11) is 0. The van der Waals surface area contributed by atoms with Gasteiger partial charge in [-0.25, -0.2) is 0 Å². The maximum atomic E-state index is 6.04. The van der Waals surface area contributed by atoms with E-state index in [4.69, 9.17) is 11.6 Å². The zero-order valence-electron chi connectivity index (χ0n) is 9.35. The average Bonchev–Trinajstić information content (AvgIpc) is 2.11. The summed E-state index contributed by atoms with van der Waals surface area (Å²) in [6.07, 6.45) is 0. The minimum absolute atomic E-state index is 0.366. The van der Waals surface area contributed by atoms with E-state index in [1.807, 2.05) is 12.1 Å². The highest BCUT2D eigenvalue weighted by Crippen LogP contribution is 2.27. The van der Waals surface area contributed by atoms with Crippen molar-refractivity contribution >= 4 is 27.5 Å². The van der Waals surface area contributed by atoms with E-state index in [1.54, 1.807) is 0 Å². The van der Waals surface area contributed by atoms with Gasteiger partial charge in [0.1, 0.15) is 0 Å². The van der Waals surface area contributed by atoms with Gasteiger partial charge in [0.2, 0.25) is 0 Å². The van der Waals surface area contributed by atoms with Gasteiger partial charge in [0.25, 0.3) is 0 Å². The number of nitrogens with one attached hydrogen (secondary N) is 1. The van der Waals surface area contributed by atoms with Gasteiger partial charge in [0.15, 0.2) is 0 Å². The SMILES string of the molecule is CCNC(c1cc(Cl)cc(Br)c1)C(C)C. The zero-order chi connectivity index (χ0) is 11.4. The van der Waals surface area contributed by atoms with Gasteiger partial charge in [0.05, 0.1) is 0 Å². The summed E-state index contributed by atoms with van der Waals surface area (Å²) in [6, 6.07) is 6.43. The topological polar surface area (TPSA) is 12.0 Å². The van der Waals surface area contributed by atoms with Gasteiger partial charge in [-0.2, -0.15) is 0 Å². The summed E-state index contributed by atoms with van der Waals surface area (Å²) in [6.45, 7) is 7.51. The lowest BCUT2D eigenvalue weighted by Crippen LogP contribution is -2.25. The largest absolute Gasteiger partial charge is 0.310 e. The summed E-state index contributed by atoms with van der Waals surface area (Å²) in [5.41, 5.74) is 1.24. The summed E-state index contributed by atoms with van der Waals surface area (Å²) in [4.78, 5) is 0. The van der Waals surface area contributed by atoms with E-state index in [0.717, 1.165) is 16.0 Å². The molecule has 0 aliphatic carbocycles. The van der Waals surface area contributed by atoms with Gasteiger partial charge in [-0.05, 0) is 36.2 Å². The molecule has 0 aromatic heterocycles. The van der Waals surface area contributed by atoms with Crippen LogP contribution in [0.25, 0.3) is 0 Å². The maximum Gasteiger partial charge on any atom is 0.0420 e. The molecule has 0 amide bonds. The van der Waals surface area contributed by atoms with E-state index in [-0.39, 0.29) is 0 Å². The van der Waals surface area contributed by atoms with Crippen molar-refractivity contribution in [2.24, 2.45) is 5.92 Å². The number of hydrogen-bond acceptors (Lipinski definition) is 1. The third-order valence-electron chi connectivity index (χ3n) is 2.33. The molecule has 84 valence electrons. The first-order valence-corrected chi connectivity index (χ1v) is 6.41. The Morgan fingerprint density at radius 2 is 2.00 bits per heavy atom. The lowest BCUT2D eigenvalue weighted by Gasteiger charge is -2.22. The first kappa shape index (κ1) is 13.0. The molecule has 0 aliphatic rings. The summed E-state index contributed by atoms with van der Waals surface area (Å²) < 4.78 is 1.04. The van der Waals surface area contributed by atoms with Crippen molar-refractivity contribution < 1.29 is 0 Å². The van der Waals surface area contributed by atoms with Crippen molar-refractivity contribution in [3.05, 3.63) is 33.3 Å². The second kappa shape index (κ2) is 5.88. The second-order valence-electron chi connectivity index (χ2n) is 3.98. The fourth-order valence-electron chi connectivity index (χ4n) is 1.71. The molecule has 0 radical (unpaired) electrons. The average molecular weight is 291 g/mol. The van der Waals surface area contributed by atoms with E-state index >= 15 is 0 Å². The van der Waals surface area contributed by atoms with Gasteiger partial charge < -0.3 is 5.32 Å². The standard InChI is InChI=1S/C12H17BrClN/c1-4-15-12(8(2)3)9-5-10(13)7-11(14)6-9/h5-8,12,15H,4H2,1-3H3. The third-order valence-corrected chi connectivity index (χ3v) is 3.01. The van der Waals surface area contributed by atoms with Crippen LogP contribution in [0.5, 0.6) is 0 Å². The van der Waals surface area contributed by atoms with E-state index in [1.165, 1.54) is 5.56 Å². The minimum atomic E-state index is 0.366. The molecule has 0 saturated carbocycles. The molecule has 1 nitrogen and oxygen atoms in total. The first-order chi connectivity index (χ1) is 7.04. The maximum absolute atomic E-state index is 6.04. The summed E-state index contributed by atoms with van der Waals surface area (Å²) >= 11 is 9.51. The van der Waals surface area contributed by atoms with Crippen LogP contribution in [0.1, 0.15) is 32.4 Å². The van der Waals surface area contributed by atoms with Crippen molar-refractivity contribution in [2.45, 2.75) is 26.8 Å². The lowest BCUT2D eigenvalue weighted by molar-refractivity contribution is 0.421. The zero-order valence-corrected chi connectivity index (χ0v) is 11.7. The highest BCUT2D eigenvalue weighted by Gasteiger charge is 2.15. The third kappa shape index (κ3) is 3.78. The van der Waals surface area contributed by atoms with Crippen LogP contribution in [0.4, 0.5) is 0 Å². The fourth-order valence-corrected chi connectivity index (χ4v) is 2.60. The monoisotopic (exact) mass is 289 g/mol. The highest BCUT2D eigenvalue weighted by molar-refractivity contribution is 9.10. The minimum Gasteiger partial charge on any atom is -0.310 e.